The first-order valence-corrected chi connectivity index (χ1v) is 9.37. The monoisotopic (exact) mass is 382 g/mol. The summed E-state index contributed by atoms with van der Waals surface area (Å²) in [7, 11) is 0. The van der Waals surface area contributed by atoms with Crippen LogP contribution in [0.15, 0.2) is 54.6 Å². The summed E-state index contributed by atoms with van der Waals surface area (Å²) >= 11 is 0. The van der Waals surface area contributed by atoms with Gasteiger partial charge in [0, 0.05) is 12.1 Å². The lowest BCUT2D eigenvalue weighted by Gasteiger charge is -2.27. The maximum atomic E-state index is 12.7. The number of anilines is 1. The van der Waals surface area contributed by atoms with Crippen molar-refractivity contribution in [3.05, 3.63) is 54.6 Å². The van der Waals surface area contributed by atoms with Crippen molar-refractivity contribution in [2.75, 3.05) is 11.9 Å². The first-order valence-electron chi connectivity index (χ1n) is 9.37. The van der Waals surface area contributed by atoms with Crippen LogP contribution >= 0.6 is 0 Å². The molecule has 0 radical (unpaired) electrons. The Balaban J connectivity index is 1.68. The molecule has 3 rings (SSSR count). The molecule has 2 N–H and O–H groups in total. The Hall–Kier alpha value is -2.86. The largest absolute Gasteiger partial charge is 0.444 e. The number of benzene rings is 2. The Labute approximate surface area is 165 Å². The van der Waals surface area contributed by atoms with Crippen LogP contribution in [0.1, 0.15) is 27.2 Å². The van der Waals surface area contributed by atoms with Crippen molar-refractivity contribution in [1.82, 2.24) is 4.90 Å². The molecule has 2 aromatic carbocycles. The summed E-state index contributed by atoms with van der Waals surface area (Å²) in [4.78, 5) is 26.4. The van der Waals surface area contributed by atoms with Crippen molar-refractivity contribution in [1.29, 1.82) is 0 Å². The highest BCUT2D eigenvalue weighted by atomic mass is 16.6. The van der Waals surface area contributed by atoms with Crippen LogP contribution in [-0.2, 0) is 9.53 Å². The number of nitrogens with zero attached hydrogens (tertiary/aromatic N) is 1. The number of carbonyl (C=O) groups is 2. The Morgan fingerprint density at radius 2 is 1.64 bits per heavy atom. The fourth-order valence-corrected chi connectivity index (χ4v) is 3.19. The van der Waals surface area contributed by atoms with Gasteiger partial charge in [-0.05, 0) is 44.0 Å². The second-order valence-electron chi connectivity index (χ2n) is 7.97. The zero-order chi connectivity index (χ0) is 20.3. The van der Waals surface area contributed by atoms with Crippen LogP contribution in [0.4, 0.5) is 10.5 Å². The molecular weight excluding hydrogens is 356 g/mol. The summed E-state index contributed by atoms with van der Waals surface area (Å²) in [6.07, 6.45) is -1.15. The van der Waals surface area contributed by atoms with Gasteiger partial charge >= 0.3 is 6.09 Å². The van der Waals surface area contributed by atoms with Crippen molar-refractivity contribution >= 4 is 17.7 Å². The molecule has 1 heterocycles. The molecule has 1 aliphatic heterocycles. The standard InChI is InChI=1S/C22H26N2O4/c1-22(2,3)28-21(27)24-14-18(25)13-19(24)20(26)23-17-11-9-16(10-12-17)15-7-5-4-6-8-15/h4-12,18-19,25H,13-14H2,1-3H3,(H,23,26)/t18-,19-/m0/s1. The van der Waals surface area contributed by atoms with E-state index in [1.54, 1.807) is 20.8 Å². The number of nitrogens with one attached hydrogen (secondary N) is 1. The summed E-state index contributed by atoms with van der Waals surface area (Å²) in [5.74, 6) is -0.338. The first kappa shape index (κ1) is 19.9. The molecule has 0 unspecified atom stereocenters. The summed E-state index contributed by atoms with van der Waals surface area (Å²) in [5, 5.41) is 12.8. The highest BCUT2D eigenvalue weighted by Gasteiger charge is 2.40. The smallest absolute Gasteiger partial charge is 0.411 e. The van der Waals surface area contributed by atoms with E-state index in [0.717, 1.165) is 11.1 Å². The summed E-state index contributed by atoms with van der Waals surface area (Å²) in [5.41, 5.74) is 2.11. The number of aliphatic hydroxyl groups is 1. The predicted octanol–water partition coefficient (Wildman–Crippen LogP) is 3.66. The Morgan fingerprint density at radius 1 is 1.04 bits per heavy atom. The lowest BCUT2D eigenvalue weighted by molar-refractivity contribution is -0.120. The number of hydrogen-bond donors (Lipinski definition) is 2. The third-order valence-electron chi connectivity index (χ3n) is 4.47. The quantitative estimate of drug-likeness (QED) is 0.849. The summed E-state index contributed by atoms with van der Waals surface area (Å²) in [6.45, 7) is 5.38. The SMILES string of the molecule is CC(C)(C)OC(=O)N1C[C@@H](O)C[C@H]1C(=O)Nc1ccc(-c2ccccc2)cc1. The van der Waals surface area contributed by atoms with E-state index in [4.69, 9.17) is 4.74 Å². The summed E-state index contributed by atoms with van der Waals surface area (Å²) < 4.78 is 5.36. The fraction of sp³-hybridized carbons (Fsp3) is 0.364. The average Bonchev–Trinajstić information content (AvgIpc) is 3.04. The third-order valence-corrected chi connectivity index (χ3v) is 4.47. The normalized spacial score (nSPS) is 19.4. The Bertz CT molecular complexity index is 828. The molecule has 1 aliphatic rings. The number of ether oxygens (including phenoxy) is 1. The van der Waals surface area contributed by atoms with Crippen LogP contribution in [0, 0.1) is 0 Å². The maximum absolute atomic E-state index is 12.7. The second-order valence-corrected chi connectivity index (χ2v) is 7.97. The van der Waals surface area contributed by atoms with Gasteiger partial charge in [-0.1, -0.05) is 42.5 Å². The molecule has 0 aromatic heterocycles. The van der Waals surface area contributed by atoms with Gasteiger partial charge in [0.05, 0.1) is 12.6 Å². The molecule has 2 atom stereocenters. The number of rotatable bonds is 3. The van der Waals surface area contributed by atoms with Crippen LogP contribution in [0.2, 0.25) is 0 Å². The number of amides is 2. The van der Waals surface area contributed by atoms with Crippen molar-refractivity contribution < 1.29 is 19.4 Å². The molecule has 6 heteroatoms. The Kier molecular flexibility index (Phi) is 5.70. The molecule has 0 aliphatic carbocycles. The van der Waals surface area contributed by atoms with Gasteiger partial charge in [-0.25, -0.2) is 4.79 Å². The molecular formula is C22H26N2O4. The van der Waals surface area contributed by atoms with Gasteiger partial charge in [0.25, 0.3) is 0 Å². The lowest BCUT2D eigenvalue weighted by atomic mass is 10.1. The minimum atomic E-state index is -0.765. The van der Waals surface area contributed by atoms with Gasteiger partial charge in [-0.15, -0.1) is 0 Å². The topological polar surface area (TPSA) is 78.9 Å². The van der Waals surface area contributed by atoms with Crippen LogP contribution < -0.4 is 5.32 Å². The van der Waals surface area contributed by atoms with E-state index in [-0.39, 0.29) is 18.9 Å². The molecule has 6 nitrogen and oxygen atoms in total. The van der Waals surface area contributed by atoms with Gasteiger partial charge in [0.15, 0.2) is 0 Å². The number of likely N-dealkylation sites (tertiary alicyclic amines) is 1. The lowest BCUT2D eigenvalue weighted by Crippen LogP contribution is -2.45. The van der Waals surface area contributed by atoms with Gasteiger partial charge in [-0.3, -0.25) is 9.69 Å². The number of hydrogen-bond acceptors (Lipinski definition) is 4. The van der Waals surface area contributed by atoms with Crippen molar-refractivity contribution in [3.8, 4) is 11.1 Å². The summed E-state index contributed by atoms with van der Waals surface area (Å²) in [6, 6.07) is 16.7. The first-order chi connectivity index (χ1) is 13.2. The van der Waals surface area contributed by atoms with E-state index in [9.17, 15) is 14.7 Å². The van der Waals surface area contributed by atoms with Gasteiger partial charge < -0.3 is 15.2 Å². The van der Waals surface area contributed by atoms with Crippen LogP contribution in [0.25, 0.3) is 11.1 Å². The van der Waals surface area contributed by atoms with Crippen LogP contribution in [0.3, 0.4) is 0 Å². The fourth-order valence-electron chi connectivity index (χ4n) is 3.19. The zero-order valence-electron chi connectivity index (χ0n) is 16.4. The van der Waals surface area contributed by atoms with E-state index < -0.39 is 23.8 Å². The number of β-amino-alcohol motifs (C(OH)–C–C–N with tert-alkyl or cyclic N) is 1. The number of aliphatic hydroxyl groups excluding tert-OH is 1. The Morgan fingerprint density at radius 3 is 2.25 bits per heavy atom. The van der Waals surface area contributed by atoms with Crippen molar-refractivity contribution in [2.24, 2.45) is 0 Å². The van der Waals surface area contributed by atoms with E-state index in [1.165, 1.54) is 4.90 Å². The second kappa shape index (κ2) is 8.02. The van der Waals surface area contributed by atoms with E-state index in [0.29, 0.717) is 5.69 Å². The molecule has 28 heavy (non-hydrogen) atoms. The molecule has 2 amide bonds. The maximum Gasteiger partial charge on any atom is 0.411 e. The minimum Gasteiger partial charge on any atom is -0.444 e. The average molecular weight is 382 g/mol. The minimum absolute atomic E-state index is 0.0833. The zero-order valence-corrected chi connectivity index (χ0v) is 16.4. The van der Waals surface area contributed by atoms with E-state index in [2.05, 4.69) is 5.32 Å². The molecule has 148 valence electrons. The van der Waals surface area contributed by atoms with Gasteiger partial charge in [0.2, 0.25) is 5.91 Å². The molecule has 1 saturated heterocycles. The van der Waals surface area contributed by atoms with Crippen molar-refractivity contribution in [3.63, 3.8) is 0 Å². The third kappa shape index (κ3) is 4.89. The van der Waals surface area contributed by atoms with Crippen molar-refractivity contribution in [2.45, 2.75) is 44.9 Å². The van der Waals surface area contributed by atoms with Crippen LogP contribution in [0.5, 0.6) is 0 Å². The molecule has 0 spiro atoms. The molecule has 1 fully saturated rings. The van der Waals surface area contributed by atoms with E-state index >= 15 is 0 Å². The van der Waals surface area contributed by atoms with Crippen LogP contribution in [-0.4, -0.2) is 46.3 Å². The molecule has 0 bridgehead atoms. The molecule has 2 aromatic rings. The predicted molar refractivity (Wildman–Crippen MR) is 108 cm³/mol. The van der Waals surface area contributed by atoms with Gasteiger partial charge in [-0.2, -0.15) is 0 Å². The molecule has 0 saturated carbocycles. The highest BCUT2D eigenvalue weighted by molar-refractivity contribution is 5.97. The highest BCUT2D eigenvalue weighted by Crippen LogP contribution is 2.24. The number of carbonyl (C=O) groups excluding carboxylic acids is 2. The van der Waals surface area contributed by atoms with Gasteiger partial charge in [0.1, 0.15) is 11.6 Å². The van der Waals surface area contributed by atoms with E-state index in [1.807, 2.05) is 54.6 Å².